The van der Waals surface area contributed by atoms with Crippen molar-refractivity contribution in [1.82, 2.24) is 0 Å². The third kappa shape index (κ3) is 2.07. The van der Waals surface area contributed by atoms with Crippen LogP contribution in [0.4, 0.5) is 0 Å². The summed E-state index contributed by atoms with van der Waals surface area (Å²) in [7, 11) is 0. The Morgan fingerprint density at radius 3 is 2.70 bits per heavy atom. The first-order chi connectivity index (χ1) is 9.69. The van der Waals surface area contributed by atoms with Crippen molar-refractivity contribution in [3.05, 3.63) is 70.4 Å². The number of rotatable bonds is 2. The van der Waals surface area contributed by atoms with Crippen molar-refractivity contribution in [3.8, 4) is 6.07 Å². The standard InChI is InChI=1S/C16H8ClNO2/c17-13-5-2-6-14-12(13)8-15(20-14)16(19)11-4-1-3-10(7-11)9-18/h1-8H. The van der Waals surface area contributed by atoms with Crippen LogP contribution in [-0.4, -0.2) is 5.78 Å². The number of hydrogen-bond acceptors (Lipinski definition) is 3. The molecular weight excluding hydrogens is 274 g/mol. The lowest BCUT2D eigenvalue weighted by Gasteiger charge is -1.97. The maximum atomic E-state index is 12.3. The second-order valence-electron chi connectivity index (χ2n) is 4.28. The van der Waals surface area contributed by atoms with Crippen LogP contribution in [0, 0.1) is 11.3 Å². The molecule has 0 N–H and O–H groups in total. The van der Waals surface area contributed by atoms with Crippen LogP contribution >= 0.6 is 11.6 Å². The lowest BCUT2D eigenvalue weighted by Crippen LogP contribution is -1.99. The highest BCUT2D eigenvalue weighted by molar-refractivity contribution is 6.35. The fourth-order valence-corrected chi connectivity index (χ4v) is 2.23. The minimum absolute atomic E-state index is 0.211. The van der Waals surface area contributed by atoms with E-state index >= 15 is 0 Å². The molecule has 1 aromatic heterocycles. The molecule has 0 aliphatic heterocycles. The van der Waals surface area contributed by atoms with Gasteiger partial charge in [-0.2, -0.15) is 5.26 Å². The first-order valence-electron chi connectivity index (χ1n) is 5.92. The summed E-state index contributed by atoms with van der Waals surface area (Å²) in [6.07, 6.45) is 0. The quantitative estimate of drug-likeness (QED) is 0.662. The van der Waals surface area contributed by atoms with E-state index in [1.54, 1.807) is 42.5 Å². The van der Waals surface area contributed by atoms with E-state index in [1.165, 1.54) is 6.07 Å². The maximum absolute atomic E-state index is 12.3. The highest BCUT2D eigenvalue weighted by atomic mass is 35.5. The molecule has 0 fully saturated rings. The predicted molar refractivity (Wildman–Crippen MR) is 75.8 cm³/mol. The van der Waals surface area contributed by atoms with Crippen LogP contribution in [0.15, 0.2) is 52.9 Å². The molecule has 2 aromatic carbocycles. The van der Waals surface area contributed by atoms with Crippen molar-refractivity contribution in [2.45, 2.75) is 0 Å². The van der Waals surface area contributed by atoms with Gasteiger partial charge in [-0.1, -0.05) is 29.8 Å². The van der Waals surface area contributed by atoms with Crippen LogP contribution in [0.25, 0.3) is 11.0 Å². The van der Waals surface area contributed by atoms with Gasteiger partial charge in [0.05, 0.1) is 16.7 Å². The van der Waals surface area contributed by atoms with Gasteiger partial charge >= 0.3 is 0 Å². The molecule has 3 aromatic rings. The van der Waals surface area contributed by atoms with Gasteiger partial charge in [-0.15, -0.1) is 0 Å². The van der Waals surface area contributed by atoms with Gasteiger partial charge in [0, 0.05) is 10.9 Å². The second-order valence-corrected chi connectivity index (χ2v) is 4.69. The van der Waals surface area contributed by atoms with Gasteiger partial charge in [0.1, 0.15) is 5.58 Å². The van der Waals surface area contributed by atoms with E-state index in [1.807, 2.05) is 6.07 Å². The summed E-state index contributed by atoms with van der Waals surface area (Å²) in [5.74, 6) is -0.0578. The highest BCUT2D eigenvalue weighted by Crippen LogP contribution is 2.27. The first kappa shape index (κ1) is 12.5. The zero-order valence-corrected chi connectivity index (χ0v) is 11.0. The van der Waals surface area contributed by atoms with Gasteiger partial charge in [0.15, 0.2) is 5.76 Å². The van der Waals surface area contributed by atoms with Crippen molar-refractivity contribution in [2.24, 2.45) is 0 Å². The topological polar surface area (TPSA) is 54.0 Å². The molecule has 0 aliphatic rings. The van der Waals surface area contributed by atoms with Crippen LogP contribution in [0.1, 0.15) is 21.7 Å². The van der Waals surface area contributed by atoms with Gasteiger partial charge in [-0.3, -0.25) is 4.79 Å². The lowest BCUT2D eigenvalue weighted by atomic mass is 10.1. The smallest absolute Gasteiger partial charge is 0.228 e. The average Bonchev–Trinajstić information content (AvgIpc) is 2.92. The number of fused-ring (bicyclic) bond motifs is 1. The summed E-state index contributed by atoms with van der Waals surface area (Å²) < 4.78 is 5.52. The van der Waals surface area contributed by atoms with Crippen molar-refractivity contribution < 1.29 is 9.21 Å². The fraction of sp³-hybridized carbons (Fsp3) is 0. The van der Waals surface area contributed by atoms with Gasteiger partial charge in [0.25, 0.3) is 0 Å². The Hall–Kier alpha value is -2.57. The van der Waals surface area contributed by atoms with Crippen LogP contribution in [0.3, 0.4) is 0 Å². The van der Waals surface area contributed by atoms with Crippen LogP contribution in [-0.2, 0) is 0 Å². The molecule has 1 heterocycles. The molecule has 0 amide bonds. The Kier molecular flexibility index (Phi) is 3.02. The molecule has 96 valence electrons. The van der Waals surface area contributed by atoms with Crippen molar-refractivity contribution >= 4 is 28.4 Å². The maximum Gasteiger partial charge on any atom is 0.228 e. The molecule has 0 saturated carbocycles. The van der Waals surface area contributed by atoms with Gasteiger partial charge in [-0.05, 0) is 30.3 Å². The lowest BCUT2D eigenvalue weighted by molar-refractivity contribution is 0.101. The summed E-state index contributed by atoms with van der Waals surface area (Å²) in [5.41, 5.74) is 1.42. The monoisotopic (exact) mass is 281 g/mol. The molecular formula is C16H8ClNO2. The van der Waals surface area contributed by atoms with Crippen LogP contribution in [0.5, 0.6) is 0 Å². The number of furan rings is 1. The molecule has 3 rings (SSSR count). The summed E-state index contributed by atoms with van der Waals surface area (Å²) in [6, 6.07) is 15.4. The molecule has 0 aliphatic carbocycles. The van der Waals surface area contributed by atoms with Crippen molar-refractivity contribution in [3.63, 3.8) is 0 Å². The minimum atomic E-state index is -0.269. The highest BCUT2D eigenvalue weighted by Gasteiger charge is 2.16. The average molecular weight is 282 g/mol. The van der Waals surface area contributed by atoms with E-state index in [0.29, 0.717) is 27.1 Å². The number of nitriles is 1. The third-order valence-electron chi connectivity index (χ3n) is 2.99. The van der Waals surface area contributed by atoms with E-state index in [0.717, 1.165) is 0 Å². The molecule has 4 heteroatoms. The normalized spacial score (nSPS) is 10.4. The molecule has 20 heavy (non-hydrogen) atoms. The van der Waals surface area contributed by atoms with Crippen LogP contribution in [0.2, 0.25) is 5.02 Å². The second kappa shape index (κ2) is 4.84. The molecule has 0 bridgehead atoms. The van der Waals surface area contributed by atoms with Gasteiger partial charge in [-0.25, -0.2) is 0 Å². The van der Waals surface area contributed by atoms with Crippen LogP contribution < -0.4 is 0 Å². The van der Waals surface area contributed by atoms with Crippen molar-refractivity contribution in [1.29, 1.82) is 5.26 Å². The first-order valence-corrected chi connectivity index (χ1v) is 6.30. The van der Waals surface area contributed by atoms with E-state index in [-0.39, 0.29) is 11.5 Å². The molecule has 0 atom stereocenters. The molecule has 0 radical (unpaired) electrons. The van der Waals surface area contributed by atoms with Crippen molar-refractivity contribution in [2.75, 3.05) is 0 Å². The number of halogens is 1. The summed E-state index contributed by atoms with van der Waals surface area (Å²) in [6.45, 7) is 0. The SMILES string of the molecule is N#Cc1cccc(C(=O)c2cc3c(Cl)cccc3o2)c1. The van der Waals surface area contributed by atoms with Gasteiger partial charge in [0.2, 0.25) is 5.78 Å². The summed E-state index contributed by atoms with van der Waals surface area (Å²) in [5, 5.41) is 10.1. The molecule has 0 spiro atoms. The molecule has 3 nitrogen and oxygen atoms in total. The predicted octanol–water partition coefficient (Wildman–Crippen LogP) is 4.19. The van der Waals surface area contributed by atoms with E-state index in [4.69, 9.17) is 21.3 Å². The molecule has 0 unspecified atom stereocenters. The Balaban J connectivity index is 2.08. The Morgan fingerprint density at radius 1 is 1.15 bits per heavy atom. The molecule has 0 saturated heterocycles. The zero-order valence-electron chi connectivity index (χ0n) is 10.3. The zero-order chi connectivity index (χ0) is 14.1. The number of carbonyl (C=O) groups excluding carboxylic acids is 1. The summed E-state index contributed by atoms with van der Waals surface area (Å²) >= 11 is 6.05. The van der Waals surface area contributed by atoms with Gasteiger partial charge < -0.3 is 4.42 Å². The minimum Gasteiger partial charge on any atom is -0.453 e. The number of hydrogen-bond donors (Lipinski definition) is 0. The largest absolute Gasteiger partial charge is 0.453 e. The number of nitrogens with zero attached hydrogens (tertiary/aromatic N) is 1. The Morgan fingerprint density at radius 2 is 1.95 bits per heavy atom. The van der Waals surface area contributed by atoms with E-state index < -0.39 is 0 Å². The van der Waals surface area contributed by atoms with E-state index in [9.17, 15) is 4.79 Å². The number of carbonyl (C=O) groups is 1. The Labute approximate surface area is 120 Å². The van der Waals surface area contributed by atoms with E-state index in [2.05, 4.69) is 0 Å². The third-order valence-corrected chi connectivity index (χ3v) is 3.32. The number of ketones is 1. The summed E-state index contributed by atoms with van der Waals surface area (Å²) in [4.78, 5) is 12.3. The Bertz CT molecular complexity index is 858. The number of benzene rings is 2. The fourth-order valence-electron chi connectivity index (χ4n) is 2.01.